The molecule has 0 fully saturated rings. The van der Waals surface area contributed by atoms with Crippen LogP contribution in [-0.2, 0) is 0 Å². The number of hydrogen-bond donors (Lipinski definition) is 1. The van der Waals surface area contributed by atoms with Gasteiger partial charge in [-0.15, -0.1) is 0 Å². The van der Waals surface area contributed by atoms with Crippen LogP contribution in [0.4, 0.5) is 5.69 Å². The van der Waals surface area contributed by atoms with Crippen molar-refractivity contribution in [1.82, 2.24) is 4.98 Å². The Kier molecular flexibility index (Phi) is 1.85. The lowest BCUT2D eigenvalue weighted by Gasteiger charge is -1.90. The number of ether oxygens (including phenoxy) is 1. The quantitative estimate of drug-likeness (QED) is 0.585. The Labute approximate surface area is 79.5 Å². The molecule has 1 aromatic carbocycles. The van der Waals surface area contributed by atoms with E-state index in [1.165, 1.54) is 12.1 Å². The molecule has 14 heavy (non-hydrogen) atoms. The van der Waals surface area contributed by atoms with Gasteiger partial charge in [0.2, 0.25) is 0 Å². The summed E-state index contributed by atoms with van der Waals surface area (Å²) in [5, 5.41) is 11.3. The van der Waals surface area contributed by atoms with Crippen LogP contribution in [0.2, 0.25) is 0 Å². The first-order valence-corrected chi connectivity index (χ1v) is 4.02. The first-order valence-electron chi connectivity index (χ1n) is 4.02. The van der Waals surface area contributed by atoms with Crippen molar-refractivity contribution in [3.05, 3.63) is 34.4 Å². The molecule has 0 aliphatic heterocycles. The zero-order chi connectivity index (χ0) is 10.1. The van der Waals surface area contributed by atoms with E-state index in [-0.39, 0.29) is 5.69 Å². The number of benzene rings is 1. The van der Waals surface area contributed by atoms with E-state index in [2.05, 4.69) is 4.98 Å². The number of methoxy groups -OCH3 is 1. The van der Waals surface area contributed by atoms with E-state index < -0.39 is 4.92 Å². The zero-order valence-corrected chi connectivity index (χ0v) is 7.48. The fourth-order valence-electron chi connectivity index (χ4n) is 1.32. The number of nitro groups is 1. The molecule has 1 N–H and O–H groups in total. The summed E-state index contributed by atoms with van der Waals surface area (Å²) in [5.74, 6) is 0.598. The molecule has 5 nitrogen and oxygen atoms in total. The summed E-state index contributed by atoms with van der Waals surface area (Å²) in [4.78, 5) is 13.0. The third kappa shape index (κ3) is 1.28. The van der Waals surface area contributed by atoms with Crippen LogP contribution < -0.4 is 4.74 Å². The van der Waals surface area contributed by atoms with E-state index >= 15 is 0 Å². The number of non-ortho nitro benzene ring substituents is 1. The molecule has 1 aromatic heterocycles. The maximum Gasteiger partial charge on any atom is 0.270 e. The Morgan fingerprint density at radius 3 is 2.86 bits per heavy atom. The first kappa shape index (κ1) is 8.55. The number of nitrogens with zero attached hydrogens (tertiary/aromatic N) is 1. The topological polar surface area (TPSA) is 68.2 Å². The number of aromatic nitrogens is 1. The number of nitrogens with one attached hydrogen (secondary N) is 1. The number of hydrogen-bond acceptors (Lipinski definition) is 3. The van der Waals surface area contributed by atoms with Crippen molar-refractivity contribution < 1.29 is 9.66 Å². The Balaban J connectivity index is 2.59. The van der Waals surface area contributed by atoms with Crippen LogP contribution in [0.3, 0.4) is 0 Å². The molecule has 0 aliphatic carbocycles. The predicted molar refractivity (Wildman–Crippen MR) is 51.5 cm³/mol. The summed E-state index contributed by atoms with van der Waals surface area (Å²) < 4.78 is 4.97. The molecular weight excluding hydrogens is 184 g/mol. The minimum absolute atomic E-state index is 0.0825. The van der Waals surface area contributed by atoms with Crippen LogP contribution >= 0.6 is 0 Å². The highest BCUT2D eigenvalue weighted by Gasteiger charge is 2.07. The highest BCUT2D eigenvalue weighted by Crippen LogP contribution is 2.24. The zero-order valence-electron chi connectivity index (χ0n) is 7.48. The van der Waals surface area contributed by atoms with Crippen LogP contribution in [0.5, 0.6) is 5.88 Å². The molecule has 2 aromatic rings. The number of fused-ring (bicyclic) bond motifs is 1. The molecule has 72 valence electrons. The Morgan fingerprint density at radius 1 is 1.43 bits per heavy atom. The molecule has 0 amide bonds. The standard InChI is InChI=1S/C9H8N2O3/c1-14-9-5-6-4-7(11(12)13)2-3-8(6)10-9/h2-5,10H,1H3. The van der Waals surface area contributed by atoms with Gasteiger partial charge < -0.3 is 9.72 Å². The van der Waals surface area contributed by atoms with Gasteiger partial charge in [-0.2, -0.15) is 0 Å². The molecule has 0 spiro atoms. The molecule has 0 saturated heterocycles. The largest absolute Gasteiger partial charge is 0.482 e. The molecule has 2 rings (SSSR count). The number of rotatable bonds is 2. The van der Waals surface area contributed by atoms with E-state index in [0.717, 1.165) is 10.9 Å². The van der Waals surface area contributed by atoms with E-state index in [4.69, 9.17) is 4.74 Å². The van der Waals surface area contributed by atoms with Gasteiger partial charge in [0.15, 0.2) is 5.88 Å². The lowest BCUT2D eigenvalue weighted by atomic mass is 10.2. The maximum absolute atomic E-state index is 10.5. The lowest BCUT2D eigenvalue weighted by molar-refractivity contribution is -0.384. The summed E-state index contributed by atoms with van der Waals surface area (Å²) in [7, 11) is 1.54. The van der Waals surface area contributed by atoms with Crippen LogP contribution in [0, 0.1) is 10.1 Å². The van der Waals surface area contributed by atoms with Gasteiger partial charge in [0, 0.05) is 29.1 Å². The van der Waals surface area contributed by atoms with Crippen LogP contribution in [0.25, 0.3) is 10.9 Å². The molecule has 0 radical (unpaired) electrons. The van der Waals surface area contributed by atoms with Gasteiger partial charge in [-0.25, -0.2) is 0 Å². The summed E-state index contributed by atoms with van der Waals surface area (Å²) in [6.07, 6.45) is 0. The fourth-order valence-corrected chi connectivity index (χ4v) is 1.32. The van der Waals surface area contributed by atoms with Crippen LogP contribution in [0.1, 0.15) is 0 Å². The average molecular weight is 192 g/mol. The Bertz CT molecular complexity index is 490. The molecule has 0 bridgehead atoms. The highest BCUT2D eigenvalue weighted by atomic mass is 16.6. The van der Waals surface area contributed by atoms with Crippen molar-refractivity contribution >= 4 is 16.6 Å². The molecule has 0 atom stereocenters. The summed E-state index contributed by atoms with van der Waals surface area (Å²) in [6, 6.07) is 6.35. The van der Waals surface area contributed by atoms with Gasteiger partial charge in [-0.05, 0) is 6.07 Å². The second-order valence-electron chi connectivity index (χ2n) is 2.87. The van der Waals surface area contributed by atoms with Crippen molar-refractivity contribution in [3.63, 3.8) is 0 Å². The molecular formula is C9H8N2O3. The van der Waals surface area contributed by atoms with Gasteiger partial charge in [0.1, 0.15) is 0 Å². The number of aromatic amines is 1. The maximum atomic E-state index is 10.5. The van der Waals surface area contributed by atoms with Crippen LogP contribution in [0.15, 0.2) is 24.3 Å². The second-order valence-corrected chi connectivity index (χ2v) is 2.87. The smallest absolute Gasteiger partial charge is 0.270 e. The Morgan fingerprint density at radius 2 is 2.21 bits per heavy atom. The lowest BCUT2D eigenvalue weighted by Crippen LogP contribution is -1.86. The van der Waals surface area contributed by atoms with Gasteiger partial charge in [0.25, 0.3) is 5.69 Å². The third-order valence-corrected chi connectivity index (χ3v) is 2.01. The van der Waals surface area contributed by atoms with Gasteiger partial charge in [-0.1, -0.05) is 0 Å². The third-order valence-electron chi connectivity index (χ3n) is 2.01. The van der Waals surface area contributed by atoms with Crippen molar-refractivity contribution in [2.45, 2.75) is 0 Å². The van der Waals surface area contributed by atoms with E-state index in [9.17, 15) is 10.1 Å². The van der Waals surface area contributed by atoms with Gasteiger partial charge in [-0.3, -0.25) is 10.1 Å². The SMILES string of the molecule is COc1cc2cc([N+](=O)[O-])ccc2[nH]1. The van der Waals surface area contributed by atoms with E-state index in [1.54, 1.807) is 19.2 Å². The number of nitro benzene ring substituents is 1. The van der Waals surface area contributed by atoms with E-state index in [0.29, 0.717) is 5.88 Å². The monoisotopic (exact) mass is 192 g/mol. The minimum atomic E-state index is -0.418. The molecule has 1 heterocycles. The second kappa shape index (κ2) is 3.02. The summed E-state index contributed by atoms with van der Waals surface area (Å²) >= 11 is 0. The molecule has 0 unspecified atom stereocenters. The van der Waals surface area contributed by atoms with Crippen LogP contribution in [-0.4, -0.2) is 17.0 Å². The van der Waals surface area contributed by atoms with Crippen molar-refractivity contribution in [2.75, 3.05) is 7.11 Å². The predicted octanol–water partition coefficient (Wildman–Crippen LogP) is 2.08. The first-order chi connectivity index (χ1) is 6.70. The number of H-pyrrole nitrogens is 1. The van der Waals surface area contributed by atoms with Crippen molar-refractivity contribution in [1.29, 1.82) is 0 Å². The molecule has 0 aliphatic rings. The Hall–Kier alpha value is -2.04. The minimum Gasteiger partial charge on any atom is -0.482 e. The summed E-state index contributed by atoms with van der Waals surface area (Å²) in [5.41, 5.74) is 0.909. The molecule has 0 saturated carbocycles. The van der Waals surface area contributed by atoms with Crippen molar-refractivity contribution in [2.24, 2.45) is 0 Å². The van der Waals surface area contributed by atoms with Gasteiger partial charge in [0.05, 0.1) is 12.0 Å². The fraction of sp³-hybridized carbons (Fsp3) is 0.111. The average Bonchev–Trinajstić information content (AvgIpc) is 2.58. The van der Waals surface area contributed by atoms with E-state index in [1.807, 2.05) is 0 Å². The van der Waals surface area contributed by atoms with Gasteiger partial charge >= 0.3 is 0 Å². The van der Waals surface area contributed by atoms with Crippen molar-refractivity contribution in [3.8, 4) is 5.88 Å². The normalized spacial score (nSPS) is 10.4. The highest BCUT2D eigenvalue weighted by molar-refractivity contribution is 5.83. The molecule has 5 heteroatoms. The summed E-state index contributed by atoms with van der Waals surface area (Å²) in [6.45, 7) is 0.